The largest absolute Gasteiger partial charge is 0.478 e. The zero-order valence-corrected chi connectivity index (χ0v) is 12.7. The number of hydrogen-bond acceptors (Lipinski definition) is 2. The molecule has 0 saturated carbocycles. The molecule has 1 aliphatic heterocycles. The van der Waals surface area contributed by atoms with Crippen molar-refractivity contribution in [3.8, 4) is 0 Å². The summed E-state index contributed by atoms with van der Waals surface area (Å²) in [4.78, 5) is 4.72. The van der Waals surface area contributed by atoms with Gasteiger partial charge in [-0.3, -0.25) is 0 Å². The summed E-state index contributed by atoms with van der Waals surface area (Å²) in [5.74, 6) is 0.989. The van der Waals surface area contributed by atoms with Gasteiger partial charge in [-0.15, -0.1) is 0 Å². The molecule has 0 aromatic heterocycles. The van der Waals surface area contributed by atoms with Gasteiger partial charge in [0, 0.05) is 6.16 Å². The van der Waals surface area contributed by atoms with E-state index in [0.29, 0.717) is 11.2 Å². The monoisotopic (exact) mass is 243 g/mol. The molecular weight excluding hydrogens is 217 g/mol. The molecule has 0 aliphatic carbocycles. The van der Waals surface area contributed by atoms with Gasteiger partial charge in [-0.05, 0) is 17.2 Å². The molecule has 2 atom stereocenters. The fourth-order valence-electron chi connectivity index (χ4n) is 1.39. The van der Waals surface area contributed by atoms with Gasteiger partial charge in [-0.2, -0.15) is 0 Å². The summed E-state index contributed by atoms with van der Waals surface area (Å²) in [6.07, 6.45) is 1.03. The van der Waals surface area contributed by atoms with Crippen molar-refractivity contribution in [1.29, 1.82) is 0 Å². The van der Waals surface area contributed by atoms with E-state index in [4.69, 9.17) is 9.73 Å². The topological polar surface area (TPSA) is 21.6 Å². The van der Waals surface area contributed by atoms with Crippen molar-refractivity contribution in [2.24, 2.45) is 10.4 Å². The van der Waals surface area contributed by atoms with Crippen LogP contribution in [0, 0.1) is 5.41 Å². The predicted molar refractivity (Wildman–Crippen MR) is 74.1 cm³/mol. The van der Waals surface area contributed by atoms with Crippen LogP contribution in [0.5, 0.6) is 0 Å². The van der Waals surface area contributed by atoms with Gasteiger partial charge in [0.2, 0.25) is 0 Å². The molecule has 0 saturated heterocycles. The third-order valence-electron chi connectivity index (χ3n) is 3.22. The summed E-state index contributed by atoms with van der Waals surface area (Å²) in [7, 11) is -0.0433. The van der Waals surface area contributed by atoms with Crippen molar-refractivity contribution in [2.45, 2.75) is 52.7 Å². The molecule has 0 amide bonds. The van der Waals surface area contributed by atoms with E-state index in [-0.39, 0.29) is 13.3 Å². The molecule has 0 spiro atoms. The highest BCUT2D eigenvalue weighted by Crippen LogP contribution is 2.46. The lowest BCUT2D eigenvalue weighted by molar-refractivity contribution is 0.235. The van der Waals surface area contributed by atoms with Crippen LogP contribution in [-0.4, -0.2) is 36.5 Å². The molecule has 0 bridgehead atoms. The second kappa shape index (κ2) is 4.64. The van der Waals surface area contributed by atoms with Gasteiger partial charge in [-0.1, -0.05) is 49.5 Å². The Kier molecular flexibility index (Phi) is 4.05. The van der Waals surface area contributed by atoms with Crippen LogP contribution in [0.25, 0.3) is 0 Å². The van der Waals surface area contributed by atoms with Gasteiger partial charge in [-0.25, -0.2) is 4.99 Å². The number of aliphatic imine (C=N–C) groups is 1. The zero-order valence-electron chi connectivity index (χ0n) is 11.8. The summed E-state index contributed by atoms with van der Waals surface area (Å²) in [6, 6.07) is 0.339. The van der Waals surface area contributed by atoms with Crippen LogP contribution in [0.3, 0.4) is 0 Å². The van der Waals surface area contributed by atoms with Gasteiger partial charge in [0.05, 0.1) is 6.04 Å². The Morgan fingerprint density at radius 2 is 1.81 bits per heavy atom. The molecule has 3 heteroatoms. The van der Waals surface area contributed by atoms with E-state index in [1.807, 2.05) is 0 Å². The fourth-order valence-corrected chi connectivity index (χ4v) is 2.45. The summed E-state index contributed by atoms with van der Waals surface area (Å²) in [5, 5.41) is 0.390. The minimum atomic E-state index is -0.0433. The first-order valence-electron chi connectivity index (χ1n) is 6.01. The molecule has 0 fully saturated rings. The van der Waals surface area contributed by atoms with Crippen molar-refractivity contribution in [2.75, 3.05) is 19.4 Å². The standard InChI is InChI=1S/C13H26NOP/c1-12(2,3)10-8-15-11(14-10)9-16(7)13(4,5)6/h10H,8-9H2,1-7H3. The van der Waals surface area contributed by atoms with Crippen LogP contribution in [0.15, 0.2) is 4.99 Å². The summed E-state index contributed by atoms with van der Waals surface area (Å²) >= 11 is 0. The third-order valence-corrected chi connectivity index (χ3v) is 6.26. The molecule has 0 N–H and O–H groups in total. The van der Waals surface area contributed by atoms with E-state index in [0.717, 1.165) is 18.7 Å². The van der Waals surface area contributed by atoms with Crippen LogP contribution in [-0.2, 0) is 4.74 Å². The van der Waals surface area contributed by atoms with E-state index >= 15 is 0 Å². The van der Waals surface area contributed by atoms with Crippen LogP contribution >= 0.6 is 7.92 Å². The average Bonchev–Trinajstić information content (AvgIpc) is 2.49. The Bertz CT molecular complexity index is 273. The van der Waals surface area contributed by atoms with E-state index in [1.54, 1.807) is 0 Å². The lowest BCUT2D eigenvalue weighted by atomic mass is 9.88. The second-order valence-corrected chi connectivity index (χ2v) is 9.80. The zero-order chi connectivity index (χ0) is 12.6. The van der Waals surface area contributed by atoms with Gasteiger partial charge in [0.1, 0.15) is 6.61 Å². The van der Waals surface area contributed by atoms with Crippen LogP contribution in [0.4, 0.5) is 0 Å². The van der Waals surface area contributed by atoms with Gasteiger partial charge in [0.15, 0.2) is 5.90 Å². The molecule has 0 aromatic rings. The molecule has 0 aromatic carbocycles. The Hall–Kier alpha value is -0.100. The number of hydrogen-bond donors (Lipinski definition) is 0. The SMILES string of the molecule is CP(CC1=NC(C(C)(C)C)CO1)C(C)(C)C. The van der Waals surface area contributed by atoms with Crippen molar-refractivity contribution in [3.05, 3.63) is 0 Å². The quantitative estimate of drug-likeness (QED) is 0.677. The molecule has 94 valence electrons. The van der Waals surface area contributed by atoms with E-state index in [9.17, 15) is 0 Å². The molecule has 16 heavy (non-hydrogen) atoms. The fraction of sp³-hybridized carbons (Fsp3) is 0.923. The minimum absolute atomic E-state index is 0.0433. The second-order valence-electron chi connectivity index (χ2n) is 6.74. The lowest BCUT2D eigenvalue weighted by Gasteiger charge is -2.27. The van der Waals surface area contributed by atoms with Crippen molar-refractivity contribution >= 4 is 13.8 Å². The minimum Gasteiger partial charge on any atom is -0.478 e. The molecule has 2 nitrogen and oxygen atoms in total. The highest BCUT2D eigenvalue weighted by molar-refractivity contribution is 7.59. The Labute approximate surface area is 102 Å². The molecule has 1 heterocycles. The van der Waals surface area contributed by atoms with Gasteiger partial charge >= 0.3 is 0 Å². The Balaban J connectivity index is 2.59. The van der Waals surface area contributed by atoms with Gasteiger partial charge < -0.3 is 4.74 Å². The predicted octanol–water partition coefficient (Wildman–Crippen LogP) is 3.74. The molecule has 1 rings (SSSR count). The summed E-state index contributed by atoms with van der Waals surface area (Å²) in [5.41, 5.74) is 0.222. The maximum Gasteiger partial charge on any atom is 0.188 e. The maximum absolute atomic E-state index is 5.72. The van der Waals surface area contributed by atoms with Crippen LogP contribution in [0.2, 0.25) is 0 Å². The molecular formula is C13H26NOP. The van der Waals surface area contributed by atoms with E-state index in [1.165, 1.54) is 0 Å². The Morgan fingerprint density at radius 3 is 2.19 bits per heavy atom. The first-order valence-corrected chi connectivity index (χ1v) is 7.99. The van der Waals surface area contributed by atoms with Crippen molar-refractivity contribution in [3.63, 3.8) is 0 Å². The number of rotatable bonds is 2. The average molecular weight is 243 g/mol. The highest BCUT2D eigenvalue weighted by atomic mass is 31.1. The lowest BCUT2D eigenvalue weighted by Crippen LogP contribution is -2.25. The summed E-state index contributed by atoms with van der Waals surface area (Å²) in [6.45, 7) is 16.7. The Morgan fingerprint density at radius 1 is 1.25 bits per heavy atom. The van der Waals surface area contributed by atoms with Crippen molar-refractivity contribution < 1.29 is 4.74 Å². The van der Waals surface area contributed by atoms with Crippen LogP contribution < -0.4 is 0 Å². The smallest absolute Gasteiger partial charge is 0.188 e. The normalized spacial score (nSPS) is 23.9. The number of ether oxygens (including phenoxy) is 1. The highest BCUT2D eigenvalue weighted by Gasteiger charge is 2.31. The van der Waals surface area contributed by atoms with E-state index < -0.39 is 0 Å². The number of nitrogens with zero attached hydrogens (tertiary/aromatic N) is 1. The third kappa shape index (κ3) is 3.73. The van der Waals surface area contributed by atoms with Gasteiger partial charge in [0.25, 0.3) is 0 Å². The van der Waals surface area contributed by atoms with E-state index in [2.05, 4.69) is 48.2 Å². The van der Waals surface area contributed by atoms with Crippen molar-refractivity contribution in [1.82, 2.24) is 0 Å². The molecule has 1 aliphatic rings. The first kappa shape index (κ1) is 14.0. The first-order chi connectivity index (χ1) is 7.10. The van der Waals surface area contributed by atoms with Crippen LogP contribution in [0.1, 0.15) is 41.5 Å². The summed E-state index contributed by atoms with van der Waals surface area (Å²) < 4.78 is 5.72. The molecule has 2 unspecified atom stereocenters. The maximum atomic E-state index is 5.72. The molecule has 0 radical (unpaired) electrons.